The summed E-state index contributed by atoms with van der Waals surface area (Å²) < 4.78 is 12.0. The van der Waals surface area contributed by atoms with Crippen molar-refractivity contribution in [2.24, 2.45) is 11.8 Å². The minimum absolute atomic E-state index is 0.0306. The maximum atomic E-state index is 13.6. The molecule has 184 valence electrons. The Morgan fingerprint density at radius 3 is 2.50 bits per heavy atom. The Kier molecular flexibility index (Phi) is 9.34. The average Bonchev–Trinajstić information content (AvgIpc) is 3.23. The van der Waals surface area contributed by atoms with E-state index in [9.17, 15) is 9.59 Å². The van der Waals surface area contributed by atoms with E-state index >= 15 is 0 Å². The molecule has 3 rings (SSSR count). The van der Waals surface area contributed by atoms with Crippen LogP contribution < -0.4 is 5.32 Å². The van der Waals surface area contributed by atoms with Crippen molar-refractivity contribution >= 4 is 11.9 Å². The third kappa shape index (κ3) is 6.01. The molecule has 3 atom stereocenters. The molecule has 0 aromatic heterocycles. The van der Waals surface area contributed by atoms with Gasteiger partial charge in [0.1, 0.15) is 0 Å². The fraction of sp³-hybridized carbons (Fsp3) is 0.917. The molecule has 0 bridgehead atoms. The fourth-order valence-electron chi connectivity index (χ4n) is 5.73. The van der Waals surface area contributed by atoms with Gasteiger partial charge in [-0.1, -0.05) is 27.2 Å². The summed E-state index contributed by atoms with van der Waals surface area (Å²) >= 11 is 0. The highest BCUT2D eigenvalue weighted by Gasteiger charge is 2.49. The second-order valence-corrected chi connectivity index (χ2v) is 9.65. The summed E-state index contributed by atoms with van der Waals surface area (Å²) in [5.41, 5.74) is 0. The van der Waals surface area contributed by atoms with E-state index in [4.69, 9.17) is 9.47 Å². The van der Waals surface area contributed by atoms with Gasteiger partial charge in [-0.2, -0.15) is 0 Å². The third-order valence-electron chi connectivity index (χ3n) is 7.61. The summed E-state index contributed by atoms with van der Waals surface area (Å²) in [6.07, 6.45) is 5.38. The van der Waals surface area contributed by atoms with E-state index in [-0.39, 0.29) is 17.9 Å². The molecule has 2 aliphatic heterocycles. The van der Waals surface area contributed by atoms with Crippen molar-refractivity contribution in [3.63, 3.8) is 0 Å². The van der Waals surface area contributed by atoms with Crippen LogP contribution in [0.15, 0.2) is 0 Å². The zero-order valence-corrected chi connectivity index (χ0v) is 20.6. The number of nitrogens with zero attached hydrogens (tertiary/aromatic N) is 3. The number of likely N-dealkylation sites (tertiary alicyclic amines) is 1. The van der Waals surface area contributed by atoms with Gasteiger partial charge in [-0.3, -0.25) is 9.69 Å². The zero-order chi connectivity index (χ0) is 23.1. The first-order valence-corrected chi connectivity index (χ1v) is 12.7. The van der Waals surface area contributed by atoms with E-state index in [0.29, 0.717) is 44.8 Å². The van der Waals surface area contributed by atoms with Gasteiger partial charge in [-0.25, -0.2) is 4.79 Å². The first-order valence-electron chi connectivity index (χ1n) is 12.7. The van der Waals surface area contributed by atoms with Gasteiger partial charge < -0.3 is 24.6 Å². The molecule has 2 heterocycles. The number of unbranched alkanes of at least 4 members (excludes halogenated alkanes) is 1. The van der Waals surface area contributed by atoms with Gasteiger partial charge in [0, 0.05) is 45.1 Å². The summed E-state index contributed by atoms with van der Waals surface area (Å²) in [5, 5.41) is 2.99. The second-order valence-electron chi connectivity index (χ2n) is 9.65. The molecule has 1 N–H and O–H groups in total. The Labute approximate surface area is 193 Å². The van der Waals surface area contributed by atoms with E-state index in [2.05, 4.69) is 42.9 Å². The van der Waals surface area contributed by atoms with Crippen LogP contribution in [0.2, 0.25) is 0 Å². The second kappa shape index (κ2) is 11.8. The Morgan fingerprint density at radius 1 is 1.12 bits per heavy atom. The van der Waals surface area contributed by atoms with Crippen LogP contribution in [0.1, 0.15) is 59.3 Å². The molecule has 32 heavy (non-hydrogen) atoms. The largest absolute Gasteiger partial charge is 0.348 e. The number of rotatable bonds is 9. The highest BCUT2D eigenvalue weighted by atomic mass is 16.7. The van der Waals surface area contributed by atoms with Crippen LogP contribution in [0, 0.1) is 11.8 Å². The molecule has 0 aromatic carbocycles. The molecule has 2 saturated heterocycles. The SMILES string of the molecule is CCCCN(C(=O)NCCN(CC)CC)C(=O)[C@@H]1C[C@@H]2CC3(CC[C@H]2N(C)C1)OCCO3. The van der Waals surface area contributed by atoms with Crippen LogP contribution in [-0.2, 0) is 14.3 Å². The monoisotopic (exact) mass is 452 g/mol. The molecule has 1 spiro atoms. The van der Waals surface area contributed by atoms with Gasteiger partial charge in [-0.15, -0.1) is 0 Å². The van der Waals surface area contributed by atoms with E-state index in [1.165, 1.54) is 4.90 Å². The number of fused-ring (bicyclic) bond motifs is 1. The van der Waals surface area contributed by atoms with Crippen molar-refractivity contribution in [1.82, 2.24) is 20.0 Å². The lowest BCUT2D eigenvalue weighted by Crippen LogP contribution is -2.57. The normalized spacial score (nSPS) is 27.5. The molecule has 0 unspecified atom stereocenters. The molecular weight excluding hydrogens is 408 g/mol. The van der Waals surface area contributed by atoms with E-state index < -0.39 is 5.79 Å². The van der Waals surface area contributed by atoms with Crippen molar-refractivity contribution in [2.75, 3.05) is 59.5 Å². The fourth-order valence-corrected chi connectivity index (χ4v) is 5.73. The van der Waals surface area contributed by atoms with Crippen molar-refractivity contribution < 1.29 is 19.1 Å². The zero-order valence-electron chi connectivity index (χ0n) is 20.6. The topological polar surface area (TPSA) is 74.4 Å². The minimum atomic E-state index is -0.448. The maximum Gasteiger partial charge on any atom is 0.324 e. The van der Waals surface area contributed by atoms with Crippen molar-refractivity contribution in [3.8, 4) is 0 Å². The lowest BCUT2D eigenvalue weighted by atomic mass is 9.72. The minimum Gasteiger partial charge on any atom is -0.348 e. The van der Waals surface area contributed by atoms with Crippen LogP contribution in [0.3, 0.4) is 0 Å². The first kappa shape index (κ1) is 25.4. The highest BCUT2D eigenvalue weighted by molar-refractivity contribution is 5.95. The van der Waals surface area contributed by atoms with Crippen LogP contribution in [0.5, 0.6) is 0 Å². The summed E-state index contributed by atoms with van der Waals surface area (Å²) in [5.74, 6) is -0.287. The van der Waals surface area contributed by atoms with Crippen LogP contribution >= 0.6 is 0 Å². The average molecular weight is 453 g/mol. The number of amides is 3. The van der Waals surface area contributed by atoms with Crippen LogP contribution in [0.25, 0.3) is 0 Å². The molecule has 3 aliphatic rings. The van der Waals surface area contributed by atoms with Crippen LogP contribution in [0.4, 0.5) is 4.79 Å². The Morgan fingerprint density at radius 2 is 1.84 bits per heavy atom. The quantitative estimate of drug-likeness (QED) is 0.580. The molecule has 8 heteroatoms. The molecule has 3 fully saturated rings. The Balaban J connectivity index is 1.62. The Hall–Kier alpha value is -1.22. The number of carbonyl (C=O) groups is 2. The summed E-state index contributed by atoms with van der Waals surface area (Å²) in [6.45, 7) is 12.1. The standard InChI is InChI=1S/C24H44N4O4/c1-5-8-12-28(23(30)25-11-13-27(6-2)7-3)22(29)20-16-19-17-24(31-14-15-32-24)10-9-21(19)26(4)18-20/h19-21H,5-18H2,1-4H3,(H,25,30)/t19-,20-,21-/m1/s1. The lowest BCUT2D eigenvalue weighted by Gasteiger charge is -2.49. The van der Waals surface area contributed by atoms with E-state index in [0.717, 1.165) is 58.2 Å². The number of carbonyl (C=O) groups excluding carboxylic acids is 2. The van der Waals surface area contributed by atoms with Crippen LogP contribution in [-0.4, -0.2) is 98.0 Å². The molecule has 0 radical (unpaired) electrons. The van der Waals surface area contributed by atoms with Crippen molar-refractivity contribution in [2.45, 2.75) is 71.1 Å². The van der Waals surface area contributed by atoms with Gasteiger partial charge in [0.15, 0.2) is 5.79 Å². The van der Waals surface area contributed by atoms with Gasteiger partial charge in [0.25, 0.3) is 0 Å². The van der Waals surface area contributed by atoms with Crippen molar-refractivity contribution in [1.29, 1.82) is 0 Å². The van der Waals surface area contributed by atoms with Gasteiger partial charge >= 0.3 is 6.03 Å². The number of piperidine rings is 1. The number of nitrogens with one attached hydrogen (secondary N) is 1. The van der Waals surface area contributed by atoms with Gasteiger partial charge in [0.2, 0.25) is 5.91 Å². The number of imide groups is 1. The smallest absolute Gasteiger partial charge is 0.324 e. The summed E-state index contributed by atoms with van der Waals surface area (Å²) in [4.78, 5) is 32.6. The number of likely N-dealkylation sites (N-methyl/N-ethyl adjacent to an activating group) is 1. The predicted molar refractivity (Wildman–Crippen MR) is 124 cm³/mol. The first-order chi connectivity index (χ1) is 15.4. The Bertz CT molecular complexity index is 621. The summed E-state index contributed by atoms with van der Waals surface area (Å²) in [7, 11) is 2.12. The number of hydrogen-bond acceptors (Lipinski definition) is 6. The lowest BCUT2D eigenvalue weighted by molar-refractivity contribution is -0.202. The van der Waals surface area contributed by atoms with Crippen molar-refractivity contribution in [3.05, 3.63) is 0 Å². The number of ether oxygens (including phenoxy) is 2. The van der Waals surface area contributed by atoms with E-state index in [1.807, 2.05) is 0 Å². The molecule has 1 aliphatic carbocycles. The predicted octanol–water partition coefficient (Wildman–Crippen LogP) is 2.53. The molecule has 0 aromatic rings. The molecule has 3 amide bonds. The third-order valence-corrected chi connectivity index (χ3v) is 7.61. The maximum absolute atomic E-state index is 13.6. The van der Waals surface area contributed by atoms with Gasteiger partial charge in [0.05, 0.1) is 19.1 Å². The number of hydrogen-bond donors (Lipinski definition) is 1. The van der Waals surface area contributed by atoms with Gasteiger partial charge in [-0.05, 0) is 45.3 Å². The van der Waals surface area contributed by atoms with E-state index in [1.54, 1.807) is 0 Å². The molecular formula is C24H44N4O4. The highest BCUT2D eigenvalue weighted by Crippen LogP contribution is 2.45. The summed E-state index contributed by atoms with van der Waals surface area (Å²) in [6, 6.07) is 0.215. The molecule has 1 saturated carbocycles. The number of urea groups is 1. The molecule has 8 nitrogen and oxygen atoms in total.